The lowest BCUT2D eigenvalue weighted by Gasteiger charge is -2.17. The Bertz CT molecular complexity index is 982. The topological polar surface area (TPSA) is 82.6 Å². The van der Waals surface area contributed by atoms with Crippen LogP contribution in [0.15, 0.2) is 36.5 Å². The van der Waals surface area contributed by atoms with Crippen molar-refractivity contribution in [3.8, 4) is 0 Å². The van der Waals surface area contributed by atoms with Crippen molar-refractivity contribution in [1.29, 1.82) is 0 Å². The van der Waals surface area contributed by atoms with E-state index in [4.69, 9.17) is 0 Å². The van der Waals surface area contributed by atoms with Gasteiger partial charge in [0.15, 0.2) is 0 Å². The van der Waals surface area contributed by atoms with Crippen molar-refractivity contribution >= 4 is 23.5 Å². The maximum Gasteiger partial charge on any atom is 0.261 e. The van der Waals surface area contributed by atoms with Crippen LogP contribution in [0, 0.1) is 0 Å². The molecule has 0 saturated carbocycles. The highest BCUT2D eigenvalue weighted by molar-refractivity contribution is 6.22. The molecule has 1 aromatic heterocycles. The fraction of sp³-hybridized carbons (Fsp3) is 0.391. The molecule has 0 unspecified atom stereocenters. The van der Waals surface area contributed by atoms with E-state index in [0.29, 0.717) is 29.8 Å². The van der Waals surface area contributed by atoms with E-state index >= 15 is 0 Å². The SMILES string of the molecule is CCCCN1C(=O)c2ccc(C(=O)NCc3ccnc(N4CCCC4)c3)cc2C1=O. The number of pyridine rings is 1. The normalized spacial score (nSPS) is 15.6. The number of hydrogen-bond donors (Lipinski definition) is 1. The molecular formula is C23H26N4O3. The van der Waals surface area contributed by atoms with Gasteiger partial charge in [-0.3, -0.25) is 19.3 Å². The van der Waals surface area contributed by atoms with Crippen LogP contribution in [0.4, 0.5) is 5.82 Å². The second-order valence-corrected chi connectivity index (χ2v) is 7.77. The van der Waals surface area contributed by atoms with Gasteiger partial charge >= 0.3 is 0 Å². The molecule has 2 aliphatic heterocycles. The summed E-state index contributed by atoms with van der Waals surface area (Å²) in [5.74, 6) is 0.0711. The third kappa shape index (κ3) is 3.92. The monoisotopic (exact) mass is 406 g/mol. The van der Waals surface area contributed by atoms with Gasteiger partial charge in [0.1, 0.15) is 5.82 Å². The molecule has 1 aromatic carbocycles. The zero-order valence-corrected chi connectivity index (χ0v) is 17.2. The number of hydrogen-bond acceptors (Lipinski definition) is 5. The van der Waals surface area contributed by atoms with Gasteiger partial charge in [0.05, 0.1) is 11.1 Å². The Morgan fingerprint density at radius 2 is 1.83 bits per heavy atom. The summed E-state index contributed by atoms with van der Waals surface area (Å²) in [7, 11) is 0. The zero-order valence-electron chi connectivity index (χ0n) is 17.2. The molecule has 3 amide bonds. The first kappa shape index (κ1) is 20.1. The largest absolute Gasteiger partial charge is 0.357 e. The van der Waals surface area contributed by atoms with Gasteiger partial charge in [0.2, 0.25) is 0 Å². The van der Waals surface area contributed by atoms with Gasteiger partial charge in [-0.15, -0.1) is 0 Å². The smallest absolute Gasteiger partial charge is 0.261 e. The van der Waals surface area contributed by atoms with Crippen LogP contribution in [-0.4, -0.2) is 47.2 Å². The Balaban J connectivity index is 1.43. The first-order valence-corrected chi connectivity index (χ1v) is 10.6. The summed E-state index contributed by atoms with van der Waals surface area (Å²) in [6, 6.07) is 8.59. The average Bonchev–Trinajstić information content (AvgIpc) is 3.39. The second kappa shape index (κ2) is 8.65. The number of benzene rings is 1. The predicted octanol–water partition coefficient (Wildman–Crippen LogP) is 3.01. The minimum absolute atomic E-state index is 0.274. The van der Waals surface area contributed by atoms with Gasteiger partial charge in [-0.05, 0) is 55.2 Å². The fourth-order valence-corrected chi connectivity index (χ4v) is 3.93. The molecule has 30 heavy (non-hydrogen) atoms. The number of imide groups is 1. The van der Waals surface area contributed by atoms with Gasteiger partial charge in [-0.2, -0.15) is 0 Å². The van der Waals surface area contributed by atoms with Gasteiger partial charge in [-0.1, -0.05) is 13.3 Å². The maximum absolute atomic E-state index is 12.7. The first-order valence-electron chi connectivity index (χ1n) is 10.6. The highest BCUT2D eigenvalue weighted by atomic mass is 16.2. The van der Waals surface area contributed by atoms with Gasteiger partial charge in [0, 0.05) is 37.9 Å². The molecule has 7 heteroatoms. The van der Waals surface area contributed by atoms with Crippen molar-refractivity contribution < 1.29 is 14.4 Å². The van der Waals surface area contributed by atoms with E-state index in [1.807, 2.05) is 19.1 Å². The molecule has 0 aliphatic carbocycles. The number of nitrogens with zero attached hydrogens (tertiary/aromatic N) is 3. The molecule has 4 rings (SSSR count). The minimum Gasteiger partial charge on any atom is -0.357 e. The van der Waals surface area contributed by atoms with E-state index in [0.717, 1.165) is 37.3 Å². The van der Waals surface area contributed by atoms with Crippen LogP contribution in [0.5, 0.6) is 0 Å². The molecule has 7 nitrogen and oxygen atoms in total. The molecule has 0 spiro atoms. The summed E-state index contributed by atoms with van der Waals surface area (Å²) < 4.78 is 0. The van der Waals surface area contributed by atoms with Gasteiger partial charge in [-0.25, -0.2) is 4.98 Å². The van der Waals surface area contributed by atoms with Crippen molar-refractivity contribution in [2.75, 3.05) is 24.5 Å². The van der Waals surface area contributed by atoms with Crippen LogP contribution < -0.4 is 10.2 Å². The van der Waals surface area contributed by atoms with Crippen LogP contribution in [0.1, 0.15) is 69.2 Å². The molecule has 2 aliphatic rings. The molecule has 0 bridgehead atoms. The summed E-state index contributed by atoms with van der Waals surface area (Å²) in [5, 5.41) is 2.90. The summed E-state index contributed by atoms with van der Waals surface area (Å²) in [5.41, 5.74) is 2.03. The number of nitrogens with one attached hydrogen (secondary N) is 1. The van der Waals surface area contributed by atoms with Gasteiger partial charge < -0.3 is 10.2 Å². The number of carbonyl (C=O) groups excluding carboxylic acids is 3. The molecule has 0 atom stereocenters. The standard InChI is InChI=1S/C23H26N4O3/c1-2-3-12-27-22(29)18-7-6-17(14-19(18)23(27)30)21(28)25-15-16-8-9-24-20(13-16)26-10-4-5-11-26/h6-9,13-14H,2-5,10-12,15H2,1H3,(H,25,28). The Morgan fingerprint density at radius 3 is 2.60 bits per heavy atom. The molecule has 0 radical (unpaired) electrons. The van der Waals surface area contributed by atoms with E-state index in [1.54, 1.807) is 18.3 Å². The van der Waals surface area contributed by atoms with E-state index in [1.165, 1.54) is 23.8 Å². The predicted molar refractivity (Wildman–Crippen MR) is 114 cm³/mol. The molecule has 1 saturated heterocycles. The fourth-order valence-electron chi connectivity index (χ4n) is 3.93. The number of carbonyl (C=O) groups is 3. The molecule has 1 N–H and O–H groups in total. The van der Waals surface area contributed by atoms with Crippen molar-refractivity contribution in [2.24, 2.45) is 0 Å². The summed E-state index contributed by atoms with van der Waals surface area (Å²) in [6.45, 7) is 4.82. The van der Waals surface area contributed by atoms with Crippen LogP contribution >= 0.6 is 0 Å². The quantitative estimate of drug-likeness (QED) is 0.715. The third-order valence-electron chi connectivity index (χ3n) is 5.66. The maximum atomic E-state index is 12.7. The second-order valence-electron chi connectivity index (χ2n) is 7.77. The third-order valence-corrected chi connectivity index (χ3v) is 5.66. The van der Waals surface area contributed by atoms with Crippen molar-refractivity contribution in [3.05, 3.63) is 58.8 Å². The molecule has 3 heterocycles. The summed E-state index contributed by atoms with van der Waals surface area (Å²) in [6.07, 6.45) is 5.79. The lowest BCUT2D eigenvalue weighted by atomic mass is 10.1. The van der Waals surface area contributed by atoms with Crippen molar-refractivity contribution in [3.63, 3.8) is 0 Å². The minimum atomic E-state index is -0.317. The lowest BCUT2D eigenvalue weighted by molar-refractivity contribution is 0.0652. The Kier molecular flexibility index (Phi) is 5.79. The lowest BCUT2D eigenvalue weighted by Crippen LogP contribution is -2.30. The summed E-state index contributed by atoms with van der Waals surface area (Å²) >= 11 is 0. The Morgan fingerprint density at radius 1 is 1.07 bits per heavy atom. The van der Waals surface area contributed by atoms with Crippen molar-refractivity contribution in [1.82, 2.24) is 15.2 Å². The highest BCUT2D eigenvalue weighted by Gasteiger charge is 2.35. The number of unbranched alkanes of at least 4 members (excludes halogenated alkanes) is 1. The van der Waals surface area contributed by atoms with Crippen LogP contribution in [0.25, 0.3) is 0 Å². The molecule has 1 fully saturated rings. The van der Waals surface area contributed by atoms with E-state index in [2.05, 4.69) is 15.2 Å². The first-order chi connectivity index (χ1) is 14.6. The highest BCUT2D eigenvalue weighted by Crippen LogP contribution is 2.24. The Labute approximate surface area is 176 Å². The van der Waals surface area contributed by atoms with E-state index in [-0.39, 0.29) is 17.7 Å². The van der Waals surface area contributed by atoms with Crippen LogP contribution in [-0.2, 0) is 6.54 Å². The molecule has 2 aromatic rings. The molecular weight excluding hydrogens is 380 g/mol. The van der Waals surface area contributed by atoms with E-state index in [9.17, 15) is 14.4 Å². The zero-order chi connectivity index (χ0) is 21.1. The number of anilines is 1. The number of aromatic nitrogens is 1. The van der Waals surface area contributed by atoms with E-state index < -0.39 is 0 Å². The Hall–Kier alpha value is -3.22. The van der Waals surface area contributed by atoms with Crippen LogP contribution in [0.3, 0.4) is 0 Å². The summed E-state index contributed by atoms with van der Waals surface area (Å²) in [4.78, 5) is 45.6. The van der Waals surface area contributed by atoms with Gasteiger partial charge in [0.25, 0.3) is 17.7 Å². The number of amides is 3. The number of fused-ring (bicyclic) bond motifs is 1. The number of rotatable bonds is 7. The van der Waals surface area contributed by atoms with Crippen molar-refractivity contribution in [2.45, 2.75) is 39.2 Å². The average molecular weight is 406 g/mol. The van der Waals surface area contributed by atoms with Crippen LogP contribution in [0.2, 0.25) is 0 Å². The molecule has 156 valence electrons.